The highest BCUT2D eigenvalue weighted by molar-refractivity contribution is 7.08. The van der Waals surface area contributed by atoms with Gasteiger partial charge in [-0.1, -0.05) is 0 Å². The largest absolute Gasteiger partial charge is 0.454 e. The van der Waals surface area contributed by atoms with Gasteiger partial charge in [0.1, 0.15) is 0 Å². The number of carbonyl (C=O) groups excluding carboxylic acids is 1. The van der Waals surface area contributed by atoms with Crippen molar-refractivity contribution in [2.24, 2.45) is 5.10 Å². The van der Waals surface area contributed by atoms with E-state index in [1.165, 1.54) is 0 Å². The second-order valence-corrected chi connectivity index (χ2v) is 6.03. The lowest BCUT2D eigenvalue weighted by Gasteiger charge is -2.18. The molecule has 0 spiro atoms. The lowest BCUT2D eigenvalue weighted by Crippen LogP contribution is -2.23. The first-order chi connectivity index (χ1) is 10.7. The summed E-state index contributed by atoms with van der Waals surface area (Å²) in [6.45, 7) is 1.80. The number of benzene rings is 1. The smallest absolute Gasteiger partial charge is 0.240 e. The molecule has 1 aromatic heterocycles. The van der Waals surface area contributed by atoms with Gasteiger partial charge >= 0.3 is 0 Å². The third-order valence-corrected chi connectivity index (χ3v) is 4.57. The summed E-state index contributed by atoms with van der Waals surface area (Å²) in [4.78, 5) is 11.9. The molecule has 1 aromatic carbocycles. The maximum atomic E-state index is 11.9. The second kappa shape index (κ2) is 5.14. The van der Waals surface area contributed by atoms with Crippen LogP contribution < -0.4 is 9.47 Å². The van der Waals surface area contributed by atoms with Gasteiger partial charge in [0.05, 0.1) is 11.8 Å². The SMILES string of the molecule is CC(=O)N1N=C(c2ccc3c(c2)OCO3)C[C@H]1c1ccsc1. The Bertz CT molecular complexity index is 755. The second-order valence-electron chi connectivity index (χ2n) is 5.25. The normalized spacial score (nSPS) is 19.4. The lowest BCUT2D eigenvalue weighted by atomic mass is 10.00. The molecule has 4 rings (SSSR count). The van der Waals surface area contributed by atoms with E-state index < -0.39 is 0 Å². The van der Waals surface area contributed by atoms with E-state index in [-0.39, 0.29) is 18.7 Å². The zero-order chi connectivity index (χ0) is 15.1. The summed E-state index contributed by atoms with van der Waals surface area (Å²) in [5.41, 5.74) is 2.98. The van der Waals surface area contributed by atoms with Crippen molar-refractivity contribution in [1.82, 2.24) is 5.01 Å². The highest BCUT2D eigenvalue weighted by atomic mass is 32.1. The Labute approximate surface area is 131 Å². The number of thiophene rings is 1. The van der Waals surface area contributed by atoms with Crippen molar-refractivity contribution >= 4 is 23.0 Å². The monoisotopic (exact) mass is 314 g/mol. The molecule has 0 fully saturated rings. The van der Waals surface area contributed by atoms with E-state index in [1.807, 2.05) is 29.6 Å². The minimum Gasteiger partial charge on any atom is -0.454 e. The zero-order valence-corrected chi connectivity index (χ0v) is 12.8. The number of ether oxygens (including phenoxy) is 2. The number of hydrogen-bond acceptors (Lipinski definition) is 5. The molecule has 112 valence electrons. The van der Waals surface area contributed by atoms with Gasteiger partial charge < -0.3 is 9.47 Å². The molecule has 1 atom stereocenters. The Morgan fingerprint density at radius 3 is 2.95 bits per heavy atom. The minimum absolute atomic E-state index is 0.0239. The molecule has 2 aliphatic rings. The van der Waals surface area contributed by atoms with Crippen LogP contribution >= 0.6 is 11.3 Å². The predicted octanol–water partition coefficient (Wildman–Crippen LogP) is 3.17. The molecule has 2 aromatic rings. The van der Waals surface area contributed by atoms with Gasteiger partial charge in [-0.3, -0.25) is 4.79 Å². The first kappa shape index (κ1) is 13.3. The molecule has 0 N–H and O–H groups in total. The van der Waals surface area contributed by atoms with Gasteiger partial charge in [0.2, 0.25) is 12.7 Å². The lowest BCUT2D eigenvalue weighted by molar-refractivity contribution is -0.130. The maximum Gasteiger partial charge on any atom is 0.240 e. The Kier molecular flexibility index (Phi) is 3.11. The number of hydrazone groups is 1. The number of hydrogen-bond donors (Lipinski definition) is 0. The van der Waals surface area contributed by atoms with E-state index in [0.29, 0.717) is 6.42 Å². The number of rotatable bonds is 2. The highest BCUT2D eigenvalue weighted by Crippen LogP contribution is 2.37. The molecule has 5 nitrogen and oxygen atoms in total. The molecular weight excluding hydrogens is 300 g/mol. The van der Waals surface area contributed by atoms with E-state index >= 15 is 0 Å². The number of amides is 1. The quantitative estimate of drug-likeness (QED) is 0.855. The first-order valence-corrected chi connectivity index (χ1v) is 7.96. The van der Waals surface area contributed by atoms with Gasteiger partial charge in [-0.15, -0.1) is 0 Å². The summed E-state index contributed by atoms with van der Waals surface area (Å²) in [6, 6.07) is 7.79. The number of carbonyl (C=O) groups is 1. The molecule has 6 heteroatoms. The minimum atomic E-state index is -0.0491. The number of nitrogens with zero attached hydrogens (tertiary/aromatic N) is 2. The molecule has 0 saturated carbocycles. The van der Waals surface area contributed by atoms with Crippen molar-refractivity contribution in [3.63, 3.8) is 0 Å². The molecule has 0 radical (unpaired) electrons. The fourth-order valence-corrected chi connectivity index (χ4v) is 3.48. The van der Waals surface area contributed by atoms with Crippen LogP contribution in [0.3, 0.4) is 0 Å². The maximum absolute atomic E-state index is 11.9. The zero-order valence-electron chi connectivity index (χ0n) is 12.0. The van der Waals surface area contributed by atoms with E-state index in [1.54, 1.807) is 23.3 Å². The van der Waals surface area contributed by atoms with Gasteiger partial charge in [-0.05, 0) is 40.6 Å². The molecule has 1 amide bonds. The molecule has 22 heavy (non-hydrogen) atoms. The van der Waals surface area contributed by atoms with Crippen LogP contribution in [0.2, 0.25) is 0 Å². The fourth-order valence-electron chi connectivity index (χ4n) is 2.78. The summed E-state index contributed by atoms with van der Waals surface area (Å²) >= 11 is 1.63. The standard InChI is InChI=1S/C16H14N2O3S/c1-10(19)18-14(12-4-5-22-8-12)7-13(17-18)11-2-3-15-16(6-11)21-9-20-15/h2-6,8,14H,7,9H2,1H3/t14-/m0/s1. The van der Waals surface area contributed by atoms with Gasteiger partial charge in [0, 0.05) is 18.9 Å². The van der Waals surface area contributed by atoms with Gasteiger partial charge in [0.25, 0.3) is 0 Å². The van der Waals surface area contributed by atoms with Crippen LogP contribution in [-0.4, -0.2) is 23.4 Å². The molecular formula is C16H14N2O3S. The molecule has 0 saturated heterocycles. The van der Waals surface area contributed by atoms with Crippen molar-refractivity contribution in [3.8, 4) is 11.5 Å². The van der Waals surface area contributed by atoms with Crippen LogP contribution in [0.15, 0.2) is 40.1 Å². The van der Waals surface area contributed by atoms with Crippen LogP contribution in [0.4, 0.5) is 0 Å². The Morgan fingerprint density at radius 2 is 2.18 bits per heavy atom. The van der Waals surface area contributed by atoms with Crippen LogP contribution in [0.5, 0.6) is 11.5 Å². The van der Waals surface area contributed by atoms with E-state index in [0.717, 1.165) is 28.3 Å². The van der Waals surface area contributed by atoms with Crippen molar-refractivity contribution in [3.05, 3.63) is 46.2 Å². The average Bonchev–Trinajstić information content (AvgIpc) is 3.25. The molecule has 2 aliphatic heterocycles. The van der Waals surface area contributed by atoms with Crippen LogP contribution in [0.1, 0.15) is 30.5 Å². The predicted molar refractivity (Wildman–Crippen MR) is 83.3 cm³/mol. The average molecular weight is 314 g/mol. The topological polar surface area (TPSA) is 51.1 Å². The van der Waals surface area contributed by atoms with E-state index in [4.69, 9.17) is 9.47 Å². The third kappa shape index (κ3) is 2.16. The van der Waals surface area contributed by atoms with Crippen LogP contribution in [0, 0.1) is 0 Å². The van der Waals surface area contributed by atoms with Crippen molar-refractivity contribution in [1.29, 1.82) is 0 Å². The van der Waals surface area contributed by atoms with Gasteiger partial charge in [0.15, 0.2) is 11.5 Å². The van der Waals surface area contributed by atoms with Gasteiger partial charge in [-0.2, -0.15) is 16.4 Å². The fraction of sp³-hybridized carbons (Fsp3) is 0.250. The summed E-state index contributed by atoms with van der Waals surface area (Å²) in [7, 11) is 0. The van der Waals surface area contributed by atoms with Gasteiger partial charge in [-0.25, -0.2) is 5.01 Å². The Morgan fingerprint density at radius 1 is 1.32 bits per heavy atom. The molecule has 0 unspecified atom stereocenters. The molecule has 3 heterocycles. The summed E-state index contributed by atoms with van der Waals surface area (Å²) < 4.78 is 10.7. The van der Waals surface area contributed by atoms with Crippen molar-refractivity contribution in [2.75, 3.05) is 6.79 Å². The third-order valence-electron chi connectivity index (χ3n) is 3.87. The van der Waals surface area contributed by atoms with E-state index in [9.17, 15) is 4.79 Å². The summed E-state index contributed by atoms with van der Waals surface area (Å²) in [5, 5.41) is 10.2. The van der Waals surface area contributed by atoms with Crippen LogP contribution in [-0.2, 0) is 4.79 Å². The van der Waals surface area contributed by atoms with Crippen LogP contribution in [0.25, 0.3) is 0 Å². The summed E-state index contributed by atoms with van der Waals surface area (Å²) in [6.07, 6.45) is 0.704. The highest BCUT2D eigenvalue weighted by Gasteiger charge is 2.32. The molecule has 0 bridgehead atoms. The molecule has 0 aliphatic carbocycles. The van der Waals surface area contributed by atoms with E-state index in [2.05, 4.69) is 10.5 Å². The number of fused-ring (bicyclic) bond motifs is 1. The van der Waals surface area contributed by atoms with Crippen molar-refractivity contribution < 1.29 is 14.3 Å². The summed E-state index contributed by atoms with van der Waals surface area (Å²) in [5.74, 6) is 1.43. The van der Waals surface area contributed by atoms with Crippen molar-refractivity contribution in [2.45, 2.75) is 19.4 Å². The first-order valence-electron chi connectivity index (χ1n) is 7.02. The Balaban J connectivity index is 1.68. The Hall–Kier alpha value is -2.34.